The van der Waals surface area contributed by atoms with Gasteiger partial charge in [-0.3, -0.25) is 4.98 Å². The maximum Gasteiger partial charge on any atom is 0.337 e. The van der Waals surface area contributed by atoms with Crippen molar-refractivity contribution in [2.75, 3.05) is 0 Å². The molecule has 0 unspecified atom stereocenters. The van der Waals surface area contributed by atoms with Crippen LogP contribution < -0.4 is 0 Å². The van der Waals surface area contributed by atoms with Gasteiger partial charge in [0.2, 0.25) is 0 Å². The summed E-state index contributed by atoms with van der Waals surface area (Å²) in [5.74, 6) is -0.689. The second-order valence-electron chi connectivity index (χ2n) is 2.92. The van der Waals surface area contributed by atoms with Crippen molar-refractivity contribution in [2.45, 2.75) is 19.8 Å². The number of carbonyl (C=O) groups is 1. The van der Waals surface area contributed by atoms with Gasteiger partial charge in [-0.05, 0) is 17.5 Å². The Morgan fingerprint density at radius 2 is 2.25 bits per heavy atom. The number of aromatic carboxylic acids is 1. The standard InChI is InChI=1S/C9H11NO2/c1-6(2)7-3-4-10-5-8(7)9(11)12/h3-6H,1-2H3,(H,11,12). The van der Waals surface area contributed by atoms with Gasteiger partial charge in [-0.2, -0.15) is 0 Å². The molecule has 0 aliphatic rings. The third-order valence-corrected chi connectivity index (χ3v) is 1.71. The van der Waals surface area contributed by atoms with Gasteiger partial charge in [0.1, 0.15) is 0 Å². The third kappa shape index (κ3) is 1.61. The lowest BCUT2D eigenvalue weighted by molar-refractivity contribution is 0.0695. The summed E-state index contributed by atoms with van der Waals surface area (Å²) >= 11 is 0. The fourth-order valence-electron chi connectivity index (χ4n) is 1.09. The Morgan fingerprint density at radius 1 is 1.58 bits per heavy atom. The number of rotatable bonds is 2. The zero-order valence-electron chi connectivity index (χ0n) is 7.11. The molecule has 0 amide bonds. The smallest absolute Gasteiger partial charge is 0.337 e. The fourth-order valence-corrected chi connectivity index (χ4v) is 1.09. The van der Waals surface area contributed by atoms with Gasteiger partial charge in [-0.25, -0.2) is 4.79 Å². The molecule has 0 aliphatic heterocycles. The normalized spacial score (nSPS) is 10.2. The van der Waals surface area contributed by atoms with E-state index in [1.54, 1.807) is 12.3 Å². The van der Waals surface area contributed by atoms with Gasteiger partial charge >= 0.3 is 5.97 Å². The predicted octanol–water partition coefficient (Wildman–Crippen LogP) is 1.90. The summed E-state index contributed by atoms with van der Waals surface area (Å²) in [5.41, 5.74) is 1.13. The molecule has 0 fully saturated rings. The highest BCUT2D eigenvalue weighted by Crippen LogP contribution is 2.17. The molecule has 0 spiro atoms. The van der Waals surface area contributed by atoms with E-state index in [0.717, 1.165) is 5.56 Å². The van der Waals surface area contributed by atoms with Crippen LogP contribution in [0, 0.1) is 0 Å². The number of aromatic nitrogens is 1. The second kappa shape index (κ2) is 3.34. The van der Waals surface area contributed by atoms with E-state index in [1.807, 2.05) is 13.8 Å². The summed E-state index contributed by atoms with van der Waals surface area (Å²) in [6, 6.07) is 1.74. The van der Waals surface area contributed by atoms with Crippen molar-refractivity contribution in [1.29, 1.82) is 0 Å². The average Bonchev–Trinajstić information content (AvgIpc) is 2.04. The van der Waals surface area contributed by atoms with Crippen LogP contribution >= 0.6 is 0 Å². The number of hydrogen-bond donors (Lipinski definition) is 1. The molecular weight excluding hydrogens is 154 g/mol. The number of hydrogen-bond acceptors (Lipinski definition) is 2. The van der Waals surface area contributed by atoms with Gasteiger partial charge in [0.15, 0.2) is 0 Å². The minimum absolute atomic E-state index is 0.221. The van der Waals surface area contributed by atoms with E-state index in [2.05, 4.69) is 4.98 Å². The van der Waals surface area contributed by atoms with E-state index in [0.29, 0.717) is 5.56 Å². The number of nitrogens with zero attached hydrogens (tertiary/aromatic N) is 1. The van der Waals surface area contributed by atoms with Gasteiger partial charge in [0, 0.05) is 12.4 Å². The van der Waals surface area contributed by atoms with E-state index in [4.69, 9.17) is 5.11 Å². The van der Waals surface area contributed by atoms with Crippen LogP contribution in [0.1, 0.15) is 35.7 Å². The van der Waals surface area contributed by atoms with Crippen LogP contribution in [0.25, 0.3) is 0 Å². The van der Waals surface area contributed by atoms with Crippen LogP contribution in [-0.2, 0) is 0 Å². The Kier molecular flexibility index (Phi) is 2.43. The molecule has 1 rings (SSSR count). The van der Waals surface area contributed by atoms with E-state index < -0.39 is 5.97 Å². The van der Waals surface area contributed by atoms with Crippen molar-refractivity contribution >= 4 is 5.97 Å². The first-order valence-corrected chi connectivity index (χ1v) is 3.80. The molecule has 0 bridgehead atoms. The zero-order chi connectivity index (χ0) is 9.14. The molecular formula is C9H11NO2. The molecule has 1 heterocycles. The highest BCUT2D eigenvalue weighted by molar-refractivity contribution is 5.89. The third-order valence-electron chi connectivity index (χ3n) is 1.71. The molecule has 3 nitrogen and oxygen atoms in total. The van der Waals surface area contributed by atoms with Crippen LogP contribution in [-0.4, -0.2) is 16.1 Å². The first kappa shape index (κ1) is 8.71. The lowest BCUT2D eigenvalue weighted by Crippen LogP contribution is -2.04. The highest BCUT2D eigenvalue weighted by Gasteiger charge is 2.11. The Labute approximate surface area is 71.1 Å². The number of pyridine rings is 1. The Balaban J connectivity index is 3.17. The molecule has 0 saturated heterocycles. The van der Waals surface area contributed by atoms with Crippen molar-refractivity contribution < 1.29 is 9.90 Å². The van der Waals surface area contributed by atoms with E-state index >= 15 is 0 Å². The summed E-state index contributed by atoms with van der Waals surface area (Å²) in [4.78, 5) is 14.5. The molecule has 0 saturated carbocycles. The van der Waals surface area contributed by atoms with Gasteiger partial charge in [-0.1, -0.05) is 13.8 Å². The molecule has 0 aliphatic carbocycles. The molecule has 1 aromatic rings. The van der Waals surface area contributed by atoms with E-state index in [9.17, 15) is 4.79 Å². The summed E-state index contributed by atoms with van der Waals surface area (Å²) in [7, 11) is 0. The van der Waals surface area contributed by atoms with Crippen molar-refractivity contribution in [2.24, 2.45) is 0 Å². The Morgan fingerprint density at radius 3 is 2.67 bits per heavy atom. The SMILES string of the molecule is CC(C)c1ccncc1C(=O)O. The number of carboxylic acids is 1. The minimum atomic E-state index is -0.910. The first-order valence-electron chi connectivity index (χ1n) is 3.80. The average molecular weight is 165 g/mol. The first-order chi connectivity index (χ1) is 5.63. The lowest BCUT2D eigenvalue weighted by Gasteiger charge is -2.07. The molecule has 12 heavy (non-hydrogen) atoms. The van der Waals surface area contributed by atoms with E-state index in [1.165, 1.54) is 6.20 Å². The fraction of sp³-hybridized carbons (Fsp3) is 0.333. The largest absolute Gasteiger partial charge is 0.478 e. The highest BCUT2D eigenvalue weighted by atomic mass is 16.4. The summed E-state index contributed by atoms with van der Waals surface area (Å²) in [6.45, 7) is 3.92. The van der Waals surface area contributed by atoms with Crippen LogP contribution in [0.2, 0.25) is 0 Å². The summed E-state index contributed by atoms with van der Waals surface area (Å²) < 4.78 is 0. The van der Waals surface area contributed by atoms with Gasteiger partial charge < -0.3 is 5.11 Å². The molecule has 64 valence electrons. The van der Waals surface area contributed by atoms with Gasteiger partial charge in [-0.15, -0.1) is 0 Å². The maximum atomic E-state index is 10.7. The van der Waals surface area contributed by atoms with Crippen LogP contribution in [0.5, 0.6) is 0 Å². The monoisotopic (exact) mass is 165 g/mol. The van der Waals surface area contributed by atoms with Gasteiger partial charge in [0.25, 0.3) is 0 Å². The minimum Gasteiger partial charge on any atom is -0.478 e. The zero-order valence-corrected chi connectivity index (χ0v) is 7.11. The van der Waals surface area contributed by atoms with Crippen molar-refractivity contribution in [3.8, 4) is 0 Å². The van der Waals surface area contributed by atoms with Crippen LogP contribution in [0.3, 0.4) is 0 Å². The van der Waals surface area contributed by atoms with Crippen molar-refractivity contribution in [3.63, 3.8) is 0 Å². The topological polar surface area (TPSA) is 50.2 Å². The van der Waals surface area contributed by atoms with E-state index in [-0.39, 0.29) is 5.92 Å². The Hall–Kier alpha value is -1.38. The molecule has 0 atom stereocenters. The lowest BCUT2D eigenvalue weighted by atomic mass is 10.00. The molecule has 1 N–H and O–H groups in total. The quantitative estimate of drug-likeness (QED) is 0.728. The summed E-state index contributed by atoms with van der Waals surface area (Å²) in [6.07, 6.45) is 3.00. The Bertz CT molecular complexity index is 294. The maximum absolute atomic E-state index is 10.7. The van der Waals surface area contributed by atoms with Crippen molar-refractivity contribution in [3.05, 3.63) is 29.6 Å². The molecule has 3 heteroatoms. The molecule has 0 radical (unpaired) electrons. The van der Waals surface area contributed by atoms with Crippen LogP contribution in [0.4, 0.5) is 0 Å². The van der Waals surface area contributed by atoms with Gasteiger partial charge in [0.05, 0.1) is 5.56 Å². The second-order valence-corrected chi connectivity index (χ2v) is 2.92. The van der Waals surface area contributed by atoms with Crippen LogP contribution in [0.15, 0.2) is 18.5 Å². The summed E-state index contributed by atoms with van der Waals surface area (Å²) in [5, 5.41) is 8.77. The predicted molar refractivity (Wildman–Crippen MR) is 45.3 cm³/mol. The molecule has 0 aromatic carbocycles. The number of carboxylic acid groups (broad SMARTS) is 1. The van der Waals surface area contributed by atoms with Crippen molar-refractivity contribution in [1.82, 2.24) is 4.98 Å². The molecule has 1 aromatic heterocycles.